The molecule has 2 N–H and O–H groups in total. The maximum absolute atomic E-state index is 11.6. The molecule has 1 saturated heterocycles. The monoisotopic (exact) mass is 229 g/mol. The molecule has 0 spiro atoms. The Balaban J connectivity index is 2.47. The number of nitrogens with one attached hydrogen (secondary N) is 1. The fourth-order valence-corrected chi connectivity index (χ4v) is 1.74. The van der Waals surface area contributed by atoms with E-state index in [-0.39, 0.29) is 11.8 Å². The Kier molecular flexibility index (Phi) is 4.73. The first-order valence-electron chi connectivity index (χ1n) is 5.65. The smallest absolute Gasteiger partial charge is 0.326 e. The van der Waals surface area contributed by atoms with Crippen molar-refractivity contribution in [2.75, 3.05) is 6.61 Å². The van der Waals surface area contributed by atoms with Crippen LogP contribution in [-0.2, 0) is 14.3 Å². The quantitative estimate of drug-likeness (QED) is 0.730. The Morgan fingerprint density at radius 1 is 1.50 bits per heavy atom. The topological polar surface area (TPSA) is 75.6 Å². The first kappa shape index (κ1) is 13.0. The molecule has 1 rings (SSSR count). The van der Waals surface area contributed by atoms with E-state index < -0.39 is 18.1 Å². The van der Waals surface area contributed by atoms with E-state index in [0.717, 1.165) is 6.42 Å². The number of hydrogen-bond donors (Lipinski definition) is 2. The van der Waals surface area contributed by atoms with Crippen molar-refractivity contribution < 1.29 is 19.4 Å². The maximum Gasteiger partial charge on any atom is 0.326 e. The van der Waals surface area contributed by atoms with E-state index >= 15 is 0 Å². The highest BCUT2D eigenvalue weighted by Gasteiger charge is 2.28. The molecular weight excluding hydrogens is 210 g/mol. The minimum absolute atomic E-state index is 0.228. The van der Waals surface area contributed by atoms with Crippen LogP contribution in [0.1, 0.15) is 33.1 Å². The van der Waals surface area contributed by atoms with Gasteiger partial charge >= 0.3 is 5.97 Å². The van der Waals surface area contributed by atoms with Gasteiger partial charge in [-0.15, -0.1) is 0 Å². The van der Waals surface area contributed by atoms with Crippen LogP contribution in [-0.4, -0.2) is 35.7 Å². The largest absolute Gasteiger partial charge is 0.480 e. The number of aliphatic carboxylic acids is 1. The first-order valence-corrected chi connectivity index (χ1v) is 5.65. The molecule has 0 aromatic carbocycles. The van der Waals surface area contributed by atoms with Crippen molar-refractivity contribution in [2.24, 2.45) is 5.92 Å². The van der Waals surface area contributed by atoms with Crippen LogP contribution in [0.2, 0.25) is 0 Å². The lowest BCUT2D eigenvalue weighted by atomic mass is 10.0. The van der Waals surface area contributed by atoms with Crippen LogP contribution in [0.3, 0.4) is 0 Å². The molecule has 1 heterocycles. The summed E-state index contributed by atoms with van der Waals surface area (Å²) in [6, 6.07) is -0.809. The molecule has 2 unspecified atom stereocenters. The van der Waals surface area contributed by atoms with Gasteiger partial charge in [-0.1, -0.05) is 13.8 Å². The van der Waals surface area contributed by atoms with Crippen LogP contribution < -0.4 is 5.32 Å². The molecule has 2 atom stereocenters. The number of carbonyl (C=O) groups is 2. The Bertz CT molecular complexity index is 259. The van der Waals surface area contributed by atoms with E-state index in [9.17, 15) is 9.59 Å². The number of hydrogen-bond acceptors (Lipinski definition) is 3. The Morgan fingerprint density at radius 2 is 2.19 bits per heavy atom. The zero-order valence-electron chi connectivity index (χ0n) is 9.73. The SMILES string of the molecule is CC(C)CC(NC(=O)C1CCCO1)C(=O)O. The third-order valence-electron chi connectivity index (χ3n) is 2.54. The van der Waals surface area contributed by atoms with Gasteiger partial charge in [-0.05, 0) is 25.2 Å². The van der Waals surface area contributed by atoms with Crippen molar-refractivity contribution in [1.29, 1.82) is 0 Å². The fraction of sp³-hybridized carbons (Fsp3) is 0.818. The van der Waals surface area contributed by atoms with Gasteiger partial charge in [0.2, 0.25) is 5.91 Å². The highest BCUT2D eigenvalue weighted by molar-refractivity contribution is 5.86. The minimum Gasteiger partial charge on any atom is -0.480 e. The number of carboxylic acids is 1. The van der Waals surface area contributed by atoms with Crippen LogP contribution in [0.5, 0.6) is 0 Å². The van der Waals surface area contributed by atoms with Crippen molar-refractivity contribution in [1.82, 2.24) is 5.32 Å². The van der Waals surface area contributed by atoms with Gasteiger partial charge in [0.15, 0.2) is 0 Å². The van der Waals surface area contributed by atoms with Crippen LogP contribution in [0.25, 0.3) is 0 Å². The van der Waals surface area contributed by atoms with Gasteiger partial charge in [0.1, 0.15) is 12.1 Å². The molecule has 1 aliphatic heterocycles. The molecule has 5 heteroatoms. The molecule has 0 aromatic rings. The van der Waals surface area contributed by atoms with Crippen molar-refractivity contribution in [2.45, 2.75) is 45.3 Å². The predicted molar refractivity (Wildman–Crippen MR) is 58.0 cm³/mol. The van der Waals surface area contributed by atoms with Gasteiger partial charge in [0.05, 0.1) is 0 Å². The zero-order valence-corrected chi connectivity index (χ0v) is 9.73. The summed E-state index contributed by atoms with van der Waals surface area (Å²) in [6.45, 7) is 4.43. The Morgan fingerprint density at radius 3 is 2.62 bits per heavy atom. The van der Waals surface area contributed by atoms with E-state index in [1.807, 2.05) is 13.8 Å². The van der Waals surface area contributed by atoms with Crippen LogP contribution in [0.4, 0.5) is 0 Å². The van der Waals surface area contributed by atoms with Crippen LogP contribution in [0, 0.1) is 5.92 Å². The average molecular weight is 229 g/mol. The molecule has 0 bridgehead atoms. The fourth-order valence-electron chi connectivity index (χ4n) is 1.74. The minimum atomic E-state index is -0.986. The molecule has 0 radical (unpaired) electrons. The maximum atomic E-state index is 11.6. The second kappa shape index (κ2) is 5.84. The molecule has 16 heavy (non-hydrogen) atoms. The van der Waals surface area contributed by atoms with Crippen molar-refractivity contribution >= 4 is 11.9 Å². The predicted octanol–water partition coefficient (Wildman–Crippen LogP) is 0.781. The second-order valence-electron chi connectivity index (χ2n) is 4.53. The summed E-state index contributed by atoms with van der Waals surface area (Å²) in [5.74, 6) is -1.06. The van der Waals surface area contributed by atoms with Crippen molar-refractivity contribution in [3.63, 3.8) is 0 Å². The van der Waals surface area contributed by atoms with Gasteiger partial charge < -0.3 is 15.2 Å². The molecule has 0 aliphatic carbocycles. The number of rotatable bonds is 5. The average Bonchev–Trinajstić information content (AvgIpc) is 2.68. The second-order valence-corrected chi connectivity index (χ2v) is 4.53. The summed E-state index contributed by atoms with van der Waals surface area (Å²) in [5.41, 5.74) is 0. The van der Waals surface area contributed by atoms with E-state index in [1.165, 1.54) is 0 Å². The Hall–Kier alpha value is -1.10. The summed E-state index contributed by atoms with van der Waals surface area (Å²) in [5, 5.41) is 11.5. The number of amides is 1. The highest BCUT2D eigenvalue weighted by atomic mass is 16.5. The van der Waals surface area contributed by atoms with Crippen LogP contribution >= 0.6 is 0 Å². The molecule has 1 aliphatic rings. The molecule has 92 valence electrons. The lowest BCUT2D eigenvalue weighted by Gasteiger charge is -2.18. The molecule has 5 nitrogen and oxygen atoms in total. The molecular formula is C11H19NO4. The van der Waals surface area contributed by atoms with Crippen molar-refractivity contribution in [3.05, 3.63) is 0 Å². The van der Waals surface area contributed by atoms with E-state index in [2.05, 4.69) is 5.32 Å². The lowest BCUT2D eigenvalue weighted by molar-refractivity contribution is -0.144. The molecule has 0 aromatic heterocycles. The van der Waals surface area contributed by atoms with Crippen molar-refractivity contribution in [3.8, 4) is 0 Å². The summed E-state index contributed by atoms with van der Waals surface area (Å²) in [6.07, 6.45) is 1.52. The van der Waals surface area contributed by atoms with E-state index in [4.69, 9.17) is 9.84 Å². The van der Waals surface area contributed by atoms with Gasteiger partial charge in [0, 0.05) is 6.61 Å². The highest BCUT2D eigenvalue weighted by Crippen LogP contribution is 2.13. The summed E-state index contributed by atoms with van der Waals surface area (Å²) in [4.78, 5) is 22.6. The standard InChI is InChI=1S/C11H19NO4/c1-7(2)6-8(11(14)15)12-10(13)9-4-3-5-16-9/h7-9H,3-6H2,1-2H3,(H,12,13)(H,14,15). The molecule has 0 saturated carbocycles. The summed E-state index contributed by atoms with van der Waals surface area (Å²) < 4.78 is 5.20. The summed E-state index contributed by atoms with van der Waals surface area (Å²) >= 11 is 0. The van der Waals surface area contributed by atoms with Gasteiger partial charge in [-0.3, -0.25) is 4.79 Å². The van der Waals surface area contributed by atoms with E-state index in [1.54, 1.807) is 0 Å². The third-order valence-corrected chi connectivity index (χ3v) is 2.54. The molecule has 1 amide bonds. The van der Waals surface area contributed by atoms with Gasteiger partial charge in [0.25, 0.3) is 0 Å². The number of carboxylic acid groups (broad SMARTS) is 1. The number of carbonyl (C=O) groups excluding carboxylic acids is 1. The first-order chi connectivity index (χ1) is 7.50. The summed E-state index contributed by atoms with van der Waals surface area (Å²) in [7, 11) is 0. The molecule has 1 fully saturated rings. The number of ether oxygens (including phenoxy) is 1. The zero-order chi connectivity index (χ0) is 12.1. The third kappa shape index (κ3) is 3.81. The van der Waals surface area contributed by atoms with Crippen LogP contribution in [0.15, 0.2) is 0 Å². The van der Waals surface area contributed by atoms with Gasteiger partial charge in [-0.2, -0.15) is 0 Å². The lowest BCUT2D eigenvalue weighted by Crippen LogP contribution is -2.45. The Labute approximate surface area is 95.2 Å². The van der Waals surface area contributed by atoms with Gasteiger partial charge in [-0.25, -0.2) is 4.79 Å². The van der Waals surface area contributed by atoms with E-state index in [0.29, 0.717) is 19.4 Å². The normalized spacial score (nSPS) is 22.1.